The highest BCUT2D eigenvalue weighted by Gasteiger charge is 2.13. The normalized spacial score (nSPS) is 11.8. The summed E-state index contributed by atoms with van der Waals surface area (Å²) in [5, 5.41) is 11.5. The van der Waals surface area contributed by atoms with E-state index in [1.54, 1.807) is 6.20 Å². The summed E-state index contributed by atoms with van der Waals surface area (Å²) in [7, 11) is 0. The lowest BCUT2D eigenvalue weighted by molar-refractivity contribution is 0.412. The van der Waals surface area contributed by atoms with Gasteiger partial charge >= 0.3 is 0 Å². The Bertz CT molecular complexity index is 562. The maximum Gasteiger partial charge on any atom is 0.267 e. The van der Waals surface area contributed by atoms with E-state index < -0.39 is 0 Å². The first-order valence-corrected chi connectivity index (χ1v) is 7.43. The van der Waals surface area contributed by atoms with Crippen molar-refractivity contribution in [1.82, 2.24) is 20.5 Å². The van der Waals surface area contributed by atoms with E-state index in [2.05, 4.69) is 57.2 Å². The zero-order chi connectivity index (χ0) is 14.6. The van der Waals surface area contributed by atoms with Gasteiger partial charge in [-0.3, -0.25) is 0 Å². The van der Waals surface area contributed by atoms with E-state index in [9.17, 15) is 0 Å². The van der Waals surface area contributed by atoms with Crippen molar-refractivity contribution in [2.24, 2.45) is 0 Å². The van der Waals surface area contributed by atoms with Crippen LogP contribution in [0.2, 0.25) is 0 Å². The molecule has 0 spiro atoms. The summed E-state index contributed by atoms with van der Waals surface area (Å²) in [6.07, 6.45) is 3.43. The number of hydrogen-bond acceptors (Lipinski definition) is 5. The highest BCUT2D eigenvalue weighted by molar-refractivity contribution is 9.10. The minimum absolute atomic E-state index is 0.138. The molecule has 0 aromatic carbocycles. The van der Waals surface area contributed by atoms with Crippen LogP contribution in [0.15, 0.2) is 27.2 Å². The molecule has 108 valence electrons. The molecule has 0 amide bonds. The first-order valence-electron chi connectivity index (χ1n) is 6.64. The van der Waals surface area contributed by atoms with E-state index in [1.165, 1.54) is 0 Å². The van der Waals surface area contributed by atoms with E-state index in [-0.39, 0.29) is 5.54 Å². The summed E-state index contributed by atoms with van der Waals surface area (Å²) in [5.74, 6) is 1.10. The Hall–Kier alpha value is -1.27. The molecule has 2 aromatic heterocycles. The zero-order valence-corrected chi connectivity index (χ0v) is 13.6. The number of hydrogen-bond donors (Lipinski definition) is 1. The van der Waals surface area contributed by atoms with E-state index in [4.69, 9.17) is 4.42 Å². The number of rotatable bonds is 5. The van der Waals surface area contributed by atoms with Crippen LogP contribution in [0.5, 0.6) is 0 Å². The van der Waals surface area contributed by atoms with Gasteiger partial charge in [-0.2, -0.15) is 0 Å². The van der Waals surface area contributed by atoms with Crippen LogP contribution in [0.4, 0.5) is 0 Å². The van der Waals surface area contributed by atoms with Crippen LogP contribution in [0, 0.1) is 0 Å². The number of aromatic nitrogens is 3. The van der Waals surface area contributed by atoms with Crippen LogP contribution in [0.1, 0.15) is 33.1 Å². The summed E-state index contributed by atoms with van der Waals surface area (Å²) >= 11 is 3.43. The van der Waals surface area contributed by atoms with Gasteiger partial charge in [-0.25, -0.2) is 4.98 Å². The van der Waals surface area contributed by atoms with Crippen LogP contribution >= 0.6 is 15.9 Å². The topological polar surface area (TPSA) is 63.8 Å². The van der Waals surface area contributed by atoms with Crippen molar-refractivity contribution in [3.63, 3.8) is 0 Å². The molecule has 0 unspecified atom stereocenters. The molecule has 6 heteroatoms. The molecule has 20 heavy (non-hydrogen) atoms. The van der Waals surface area contributed by atoms with Gasteiger partial charge in [0.1, 0.15) is 5.69 Å². The Balaban J connectivity index is 1.92. The fourth-order valence-electron chi connectivity index (χ4n) is 1.70. The van der Waals surface area contributed by atoms with Gasteiger partial charge in [-0.05, 0) is 61.8 Å². The second kappa shape index (κ2) is 6.45. The maximum absolute atomic E-state index is 5.64. The van der Waals surface area contributed by atoms with Gasteiger partial charge in [0.2, 0.25) is 5.89 Å². The Kier molecular flexibility index (Phi) is 4.88. The molecular formula is C14H19BrN4O. The lowest BCUT2D eigenvalue weighted by Crippen LogP contribution is -2.36. The van der Waals surface area contributed by atoms with E-state index in [1.807, 2.05) is 12.1 Å². The zero-order valence-electron chi connectivity index (χ0n) is 12.0. The molecule has 0 bridgehead atoms. The summed E-state index contributed by atoms with van der Waals surface area (Å²) in [5.41, 5.74) is 0.817. The molecule has 1 N–H and O–H groups in total. The largest absolute Gasteiger partial charge is 0.419 e. The van der Waals surface area contributed by atoms with Crippen LogP contribution < -0.4 is 5.32 Å². The maximum atomic E-state index is 5.64. The number of halogens is 1. The molecule has 2 aromatic rings. The molecular weight excluding hydrogens is 320 g/mol. The molecule has 0 radical (unpaired) electrons. The van der Waals surface area contributed by atoms with Crippen molar-refractivity contribution in [3.8, 4) is 11.6 Å². The molecule has 0 saturated heterocycles. The van der Waals surface area contributed by atoms with Crippen molar-refractivity contribution >= 4 is 15.9 Å². The van der Waals surface area contributed by atoms with Gasteiger partial charge in [0.15, 0.2) is 0 Å². The molecule has 0 aliphatic carbocycles. The fraction of sp³-hybridized carbons (Fsp3) is 0.500. The molecule has 5 nitrogen and oxygen atoms in total. The summed E-state index contributed by atoms with van der Waals surface area (Å²) in [6.45, 7) is 7.37. The van der Waals surface area contributed by atoms with Crippen molar-refractivity contribution in [1.29, 1.82) is 0 Å². The van der Waals surface area contributed by atoms with Gasteiger partial charge in [-0.15, -0.1) is 10.2 Å². The molecule has 0 aliphatic rings. The van der Waals surface area contributed by atoms with E-state index in [0.29, 0.717) is 17.5 Å². The Labute approximate surface area is 127 Å². The minimum Gasteiger partial charge on any atom is -0.419 e. The fourth-order valence-corrected chi connectivity index (χ4v) is 2.12. The van der Waals surface area contributed by atoms with Gasteiger partial charge in [0.25, 0.3) is 5.89 Å². The third-order valence-electron chi connectivity index (χ3n) is 2.65. The average molecular weight is 339 g/mol. The third-order valence-corrected chi connectivity index (χ3v) is 3.29. The van der Waals surface area contributed by atoms with Crippen molar-refractivity contribution in [2.75, 3.05) is 6.54 Å². The van der Waals surface area contributed by atoms with Crippen LogP contribution in [0.3, 0.4) is 0 Å². The second-order valence-corrected chi connectivity index (χ2v) is 6.47. The standard InChI is InChI=1S/C14H19BrN4O/c1-14(2,3)17-9-5-7-11-18-19-13(20-11)12-10(15)6-4-8-16-12/h4,6,8,17H,5,7,9H2,1-3H3. The summed E-state index contributed by atoms with van der Waals surface area (Å²) < 4.78 is 6.49. The molecule has 0 atom stereocenters. The predicted octanol–water partition coefficient (Wildman–Crippen LogP) is 3.21. The van der Waals surface area contributed by atoms with Crippen LogP contribution in [-0.4, -0.2) is 27.3 Å². The smallest absolute Gasteiger partial charge is 0.267 e. The number of nitrogens with one attached hydrogen (secondary N) is 1. The van der Waals surface area contributed by atoms with Gasteiger partial charge in [0.05, 0.1) is 0 Å². The second-order valence-electron chi connectivity index (χ2n) is 5.62. The SMILES string of the molecule is CC(C)(C)NCCCc1nnc(-c2ncccc2Br)o1. The summed E-state index contributed by atoms with van der Waals surface area (Å²) in [4.78, 5) is 4.24. The molecule has 2 rings (SSSR count). The monoisotopic (exact) mass is 338 g/mol. The van der Waals surface area contributed by atoms with Crippen molar-refractivity contribution in [2.45, 2.75) is 39.2 Å². The molecule has 0 fully saturated rings. The highest BCUT2D eigenvalue weighted by Crippen LogP contribution is 2.24. The third kappa shape index (κ3) is 4.38. The average Bonchev–Trinajstić information content (AvgIpc) is 2.83. The quantitative estimate of drug-likeness (QED) is 0.848. The molecule has 0 aliphatic heterocycles. The number of aryl methyl sites for hydroxylation is 1. The highest BCUT2D eigenvalue weighted by atomic mass is 79.9. The van der Waals surface area contributed by atoms with Gasteiger partial charge in [0, 0.05) is 22.6 Å². The lowest BCUT2D eigenvalue weighted by Gasteiger charge is -2.19. The number of nitrogens with zero attached hydrogens (tertiary/aromatic N) is 3. The summed E-state index contributed by atoms with van der Waals surface area (Å²) in [6, 6.07) is 3.75. The van der Waals surface area contributed by atoms with Gasteiger partial charge < -0.3 is 9.73 Å². The van der Waals surface area contributed by atoms with Gasteiger partial charge in [-0.1, -0.05) is 0 Å². The number of pyridine rings is 1. The van der Waals surface area contributed by atoms with E-state index in [0.717, 1.165) is 23.9 Å². The van der Waals surface area contributed by atoms with Crippen molar-refractivity contribution in [3.05, 3.63) is 28.7 Å². The lowest BCUT2D eigenvalue weighted by atomic mass is 10.1. The predicted molar refractivity (Wildman–Crippen MR) is 81.3 cm³/mol. The minimum atomic E-state index is 0.138. The molecule has 0 saturated carbocycles. The van der Waals surface area contributed by atoms with Crippen LogP contribution in [0.25, 0.3) is 11.6 Å². The first-order chi connectivity index (χ1) is 9.46. The molecule has 2 heterocycles. The van der Waals surface area contributed by atoms with Crippen molar-refractivity contribution < 1.29 is 4.42 Å². The Morgan fingerprint density at radius 2 is 2.10 bits per heavy atom. The first kappa shape index (κ1) is 15.1. The Morgan fingerprint density at radius 3 is 2.80 bits per heavy atom. The van der Waals surface area contributed by atoms with E-state index >= 15 is 0 Å². The Morgan fingerprint density at radius 1 is 1.30 bits per heavy atom. The van der Waals surface area contributed by atoms with Crippen LogP contribution in [-0.2, 0) is 6.42 Å².